The van der Waals surface area contributed by atoms with Gasteiger partial charge in [-0.25, -0.2) is 4.79 Å². The fraction of sp³-hybridized carbons (Fsp3) is 0.533. The van der Waals surface area contributed by atoms with Gasteiger partial charge in [0.05, 0.1) is 11.5 Å². The Balaban J connectivity index is 1.24. The fourth-order valence-electron chi connectivity index (χ4n) is 6.58. The van der Waals surface area contributed by atoms with Crippen LogP contribution in [0, 0.1) is 16.7 Å². The molecule has 35 heavy (non-hydrogen) atoms. The number of para-hydroxylation sites is 1. The van der Waals surface area contributed by atoms with Crippen molar-refractivity contribution in [3.63, 3.8) is 0 Å². The minimum Gasteiger partial charge on any atom is -0.335 e. The van der Waals surface area contributed by atoms with Crippen molar-refractivity contribution in [2.24, 2.45) is 16.7 Å². The molecule has 2 aliphatic heterocycles. The number of piperidine rings is 1. The molecule has 1 saturated carbocycles. The second-order valence-corrected chi connectivity index (χ2v) is 11.8. The van der Waals surface area contributed by atoms with Crippen LogP contribution in [-0.4, -0.2) is 36.0 Å². The van der Waals surface area contributed by atoms with Crippen molar-refractivity contribution in [1.82, 2.24) is 10.2 Å². The number of anilines is 1. The molecule has 1 N–H and O–H groups in total. The van der Waals surface area contributed by atoms with Crippen LogP contribution in [0.25, 0.3) is 0 Å². The zero-order valence-corrected chi connectivity index (χ0v) is 21.4. The van der Waals surface area contributed by atoms with E-state index in [-0.39, 0.29) is 24.0 Å². The Labute approximate surface area is 209 Å². The van der Waals surface area contributed by atoms with E-state index in [1.165, 1.54) is 18.4 Å². The first-order valence-electron chi connectivity index (χ1n) is 13.3. The van der Waals surface area contributed by atoms with Crippen LogP contribution >= 0.6 is 0 Å². The smallest absolute Gasteiger partial charge is 0.317 e. The van der Waals surface area contributed by atoms with Crippen LogP contribution in [0.15, 0.2) is 60.7 Å². The molecule has 3 fully saturated rings. The summed E-state index contributed by atoms with van der Waals surface area (Å²) in [5, 5.41) is 3.30. The van der Waals surface area contributed by atoms with E-state index in [1.54, 1.807) is 0 Å². The number of rotatable bonds is 3. The van der Waals surface area contributed by atoms with Crippen molar-refractivity contribution in [2.45, 2.75) is 71.4 Å². The third-order valence-electron chi connectivity index (χ3n) is 8.80. The lowest BCUT2D eigenvalue weighted by molar-refractivity contribution is -0.144. The maximum absolute atomic E-state index is 13.6. The van der Waals surface area contributed by atoms with Crippen LogP contribution < -0.4 is 10.2 Å². The standard InChI is InChI=1S/C30H39N3O2/c1-29(2,3)23-14-16-24(17-15-23)31-28(35)32-20-18-30(19-21-32)26(22-10-6-4-7-11-22)33(27(30)34)25-12-8-5-9-13-25/h4-13,23-24,26H,14-21H2,1-3H3,(H,31,35)/t23-,24-,26?. The maximum atomic E-state index is 13.6. The number of β-lactam (4-membered cyclic amide) rings is 1. The zero-order chi connectivity index (χ0) is 24.6. The van der Waals surface area contributed by atoms with Crippen molar-refractivity contribution in [3.8, 4) is 0 Å². The highest BCUT2D eigenvalue weighted by molar-refractivity contribution is 6.06. The fourth-order valence-corrected chi connectivity index (χ4v) is 6.58. The van der Waals surface area contributed by atoms with Gasteiger partial charge in [0, 0.05) is 24.8 Å². The first-order chi connectivity index (χ1) is 16.8. The van der Waals surface area contributed by atoms with Crippen LogP contribution in [0.2, 0.25) is 0 Å². The maximum Gasteiger partial charge on any atom is 0.317 e. The van der Waals surface area contributed by atoms with E-state index in [0.29, 0.717) is 31.3 Å². The molecule has 1 unspecified atom stereocenters. The van der Waals surface area contributed by atoms with E-state index in [9.17, 15) is 9.59 Å². The molecule has 5 nitrogen and oxygen atoms in total. The SMILES string of the molecule is CC(C)(C)[C@H]1CC[C@H](NC(=O)N2CCC3(CC2)C(=O)N(c2ccccc2)C3c2ccccc2)CC1. The van der Waals surface area contributed by atoms with Gasteiger partial charge in [0.2, 0.25) is 5.91 Å². The summed E-state index contributed by atoms with van der Waals surface area (Å²) in [5.74, 6) is 0.927. The van der Waals surface area contributed by atoms with Gasteiger partial charge in [-0.2, -0.15) is 0 Å². The number of likely N-dealkylation sites (tertiary alicyclic amines) is 1. The molecular formula is C30H39N3O2. The molecule has 5 rings (SSSR count). The minimum absolute atomic E-state index is 0.0106. The van der Waals surface area contributed by atoms with Crippen molar-refractivity contribution >= 4 is 17.6 Å². The highest BCUT2D eigenvalue weighted by atomic mass is 16.2. The summed E-state index contributed by atoms with van der Waals surface area (Å²) in [7, 11) is 0. The Kier molecular flexibility index (Phi) is 6.37. The quantitative estimate of drug-likeness (QED) is 0.542. The van der Waals surface area contributed by atoms with Crippen LogP contribution in [0.4, 0.5) is 10.5 Å². The number of amides is 3. The topological polar surface area (TPSA) is 52.7 Å². The van der Waals surface area contributed by atoms with Crippen LogP contribution in [0.1, 0.15) is 70.9 Å². The third-order valence-corrected chi connectivity index (χ3v) is 8.80. The second-order valence-electron chi connectivity index (χ2n) is 11.8. The summed E-state index contributed by atoms with van der Waals surface area (Å²) in [5.41, 5.74) is 2.03. The number of carbonyl (C=O) groups is 2. The Morgan fingerprint density at radius 2 is 1.46 bits per heavy atom. The molecule has 2 aromatic rings. The summed E-state index contributed by atoms with van der Waals surface area (Å²) >= 11 is 0. The molecule has 3 amide bonds. The van der Waals surface area contributed by atoms with E-state index in [2.05, 4.69) is 38.2 Å². The molecule has 2 aromatic carbocycles. The van der Waals surface area contributed by atoms with Crippen molar-refractivity contribution < 1.29 is 9.59 Å². The van der Waals surface area contributed by atoms with E-state index >= 15 is 0 Å². The number of urea groups is 1. The third kappa shape index (κ3) is 4.46. The molecule has 1 aliphatic carbocycles. The molecule has 1 atom stereocenters. The minimum atomic E-state index is -0.432. The van der Waals surface area contributed by atoms with E-state index in [4.69, 9.17) is 0 Å². The Bertz CT molecular complexity index is 1030. The highest BCUT2D eigenvalue weighted by Crippen LogP contribution is 2.57. The van der Waals surface area contributed by atoms with Gasteiger partial charge in [-0.3, -0.25) is 4.79 Å². The summed E-state index contributed by atoms with van der Waals surface area (Å²) in [6, 6.07) is 20.7. The molecule has 0 aromatic heterocycles. The van der Waals surface area contributed by atoms with Crippen LogP contribution in [0.3, 0.4) is 0 Å². The lowest BCUT2D eigenvalue weighted by Gasteiger charge is -2.59. The van der Waals surface area contributed by atoms with E-state index < -0.39 is 5.41 Å². The lowest BCUT2D eigenvalue weighted by atomic mass is 9.62. The molecule has 186 valence electrons. The number of nitrogens with one attached hydrogen (secondary N) is 1. The van der Waals surface area contributed by atoms with E-state index in [1.807, 2.05) is 58.3 Å². The summed E-state index contributed by atoms with van der Waals surface area (Å²) in [4.78, 5) is 30.6. The highest BCUT2D eigenvalue weighted by Gasteiger charge is 2.62. The average Bonchev–Trinajstić information content (AvgIpc) is 2.87. The Morgan fingerprint density at radius 1 is 0.886 bits per heavy atom. The lowest BCUT2D eigenvalue weighted by Crippen LogP contribution is -2.67. The predicted molar refractivity (Wildman–Crippen MR) is 140 cm³/mol. The molecular weight excluding hydrogens is 434 g/mol. The molecule has 5 heteroatoms. The first kappa shape index (κ1) is 23.9. The number of hydrogen-bond acceptors (Lipinski definition) is 2. The monoisotopic (exact) mass is 473 g/mol. The van der Waals surface area contributed by atoms with Gasteiger partial charge in [-0.1, -0.05) is 69.3 Å². The molecule has 3 aliphatic rings. The van der Waals surface area contributed by atoms with Gasteiger partial charge in [-0.05, 0) is 67.6 Å². The Hall–Kier alpha value is -2.82. The summed E-state index contributed by atoms with van der Waals surface area (Å²) < 4.78 is 0. The van der Waals surface area contributed by atoms with Gasteiger partial charge in [-0.15, -0.1) is 0 Å². The summed E-state index contributed by atoms with van der Waals surface area (Å²) in [6.45, 7) is 8.22. The van der Waals surface area contributed by atoms with Crippen molar-refractivity contribution in [2.75, 3.05) is 18.0 Å². The summed E-state index contributed by atoms with van der Waals surface area (Å²) in [6.07, 6.45) is 5.90. The normalized spacial score (nSPS) is 26.4. The number of carbonyl (C=O) groups excluding carboxylic acids is 2. The second kappa shape index (κ2) is 9.33. The molecule has 2 heterocycles. The molecule has 0 radical (unpaired) electrons. The van der Waals surface area contributed by atoms with Crippen LogP contribution in [-0.2, 0) is 4.79 Å². The van der Waals surface area contributed by atoms with Gasteiger partial charge in [0.1, 0.15) is 0 Å². The average molecular weight is 474 g/mol. The largest absolute Gasteiger partial charge is 0.335 e. The molecule has 0 bridgehead atoms. The van der Waals surface area contributed by atoms with Crippen molar-refractivity contribution in [1.29, 1.82) is 0 Å². The zero-order valence-electron chi connectivity index (χ0n) is 21.4. The van der Waals surface area contributed by atoms with Gasteiger partial charge in [0.15, 0.2) is 0 Å². The van der Waals surface area contributed by atoms with Crippen LogP contribution in [0.5, 0.6) is 0 Å². The van der Waals surface area contributed by atoms with Gasteiger partial charge in [0.25, 0.3) is 0 Å². The molecule has 2 saturated heterocycles. The first-order valence-corrected chi connectivity index (χ1v) is 13.3. The Morgan fingerprint density at radius 3 is 2.03 bits per heavy atom. The van der Waals surface area contributed by atoms with Gasteiger partial charge >= 0.3 is 6.03 Å². The number of nitrogens with zero attached hydrogens (tertiary/aromatic N) is 2. The predicted octanol–water partition coefficient (Wildman–Crippen LogP) is 6.17. The van der Waals surface area contributed by atoms with E-state index in [0.717, 1.165) is 24.4 Å². The van der Waals surface area contributed by atoms with Gasteiger partial charge < -0.3 is 15.1 Å². The number of hydrogen-bond donors (Lipinski definition) is 1. The molecule has 1 spiro atoms. The number of benzene rings is 2. The van der Waals surface area contributed by atoms with Crippen molar-refractivity contribution in [3.05, 3.63) is 66.2 Å².